The lowest BCUT2D eigenvalue weighted by Gasteiger charge is -2.47. The lowest BCUT2D eigenvalue weighted by atomic mass is 10.0. The zero-order valence-electron chi connectivity index (χ0n) is 22.7. The van der Waals surface area contributed by atoms with Crippen molar-refractivity contribution < 1.29 is 37.0 Å². The van der Waals surface area contributed by atoms with Crippen LogP contribution in [-0.2, 0) is 20.1 Å². The maximum atomic E-state index is 13.3. The fourth-order valence-electron chi connectivity index (χ4n) is 4.42. The number of piperidine rings is 1. The van der Waals surface area contributed by atoms with Crippen molar-refractivity contribution in [2.45, 2.75) is 89.1 Å². The van der Waals surface area contributed by atoms with E-state index in [0.29, 0.717) is 32.5 Å². The summed E-state index contributed by atoms with van der Waals surface area (Å²) in [5, 5.41) is 11.1. The van der Waals surface area contributed by atoms with Crippen LogP contribution in [0.5, 0.6) is 0 Å². The molecule has 0 radical (unpaired) electrons. The molecule has 0 bridgehead atoms. The normalized spacial score (nSPS) is 24.0. The molecule has 2 saturated heterocycles. The van der Waals surface area contributed by atoms with Gasteiger partial charge in [-0.1, -0.05) is 20.8 Å². The summed E-state index contributed by atoms with van der Waals surface area (Å²) >= 11 is 0. The molecule has 1 aromatic rings. The third-order valence-corrected chi connectivity index (χ3v) is 12.0. The fraction of sp³-hybridized carbons (Fsp3) is 0.750. The first-order chi connectivity index (χ1) is 17.5. The Bertz CT molecular complexity index is 989. The highest BCUT2D eigenvalue weighted by molar-refractivity contribution is 6.74. The Kier molecular flexibility index (Phi) is 8.98. The quantitative estimate of drug-likeness (QED) is 0.461. The summed E-state index contributed by atoms with van der Waals surface area (Å²) < 4.78 is 51.5. The second-order valence-electron chi connectivity index (χ2n) is 11.5. The van der Waals surface area contributed by atoms with Gasteiger partial charge in [-0.05, 0) is 31.5 Å². The molecule has 10 nitrogen and oxygen atoms in total. The zero-order chi connectivity index (χ0) is 28.5. The number of nitrogens with one attached hydrogen (secondary N) is 1. The van der Waals surface area contributed by atoms with E-state index >= 15 is 0 Å². The predicted molar refractivity (Wildman–Crippen MR) is 136 cm³/mol. The summed E-state index contributed by atoms with van der Waals surface area (Å²) in [5.74, 6) is 0.0229. The highest BCUT2D eigenvalue weighted by Crippen LogP contribution is 2.39. The average Bonchev–Trinajstić information content (AvgIpc) is 3.15. The molecule has 38 heavy (non-hydrogen) atoms. The van der Waals surface area contributed by atoms with Gasteiger partial charge in [0.25, 0.3) is 5.91 Å². The number of hydrogen-bond acceptors (Lipinski definition) is 7. The summed E-state index contributed by atoms with van der Waals surface area (Å²) in [6.45, 7) is 13.6. The van der Waals surface area contributed by atoms with Crippen LogP contribution in [-0.4, -0.2) is 90.8 Å². The largest absolute Gasteiger partial charge is 0.465 e. The molecule has 2 fully saturated rings. The van der Waals surface area contributed by atoms with E-state index in [4.69, 9.17) is 14.3 Å². The van der Waals surface area contributed by atoms with Gasteiger partial charge in [0.2, 0.25) is 5.95 Å². The first-order valence-electron chi connectivity index (χ1n) is 12.7. The van der Waals surface area contributed by atoms with Crippen LogP contribution < -0.4 is 10.2 Å². The minimum atomic E-state index is -4.52. The molecule has 0 saturated carbocycles. The fourth-order valence-corrected chi connectivity index (χ4v) is 5.76. The van der Waals surface area contributed by atoms with Gasteiger partial charge in [-0.25, -0.2) is 14.8 Å². The van der Waals surface area contributed by atoms with Crippen molar-refractivity contribution in [2.24, 2.45) is 0 Å². The maximum Gasteiger partial charge on any atom is 0.419 e. The number of hydrogen-bond donors (Lipinski definition) is 2. The molecule has 2 aliphatic rings. The zero-order valence-corrected chi connectivity index (χ0v) is 23.7. The molecule has 2 N–H and O–H groups in total. The molecule has 3 heterocycles. The van der Waals surface area contributed by atoms with Gasteiger partial charge in [0.1, 0.15) is 6.10 Å². The van der Waals surface area contributed by atoms with Crippen molar-refractivity contribution in [1.82, 2.24) is 20.2 Å². The predicted octanol–water partition coefficient (Wildman–Crippen LogP) is 3.74. The Morgan fingerprint density at radius 3 is 2.39 bits per heavy atom. The number of ether oxygens (including phenoxy) is 1. The second kappa shape index (κ2) is 11.3. The van der Waals surface area contributed by atoms with Crippen molar-refractivity contribution in [1.29, 1.82) is 0 Å². The molecule has 2 unspecified atom stereocenters. The minimum absolute atomic E-state index is 0.0736. The van der Waals surface area contributed by atoms with Crippen molar-refractivity contribution >= 4 is 26.3 Å². The van der Waals surface area contributed by atoms with Gasteiger partial charge in [0.15, 0.2) is 8.32 Å². The standard InChI is InChI=1S/C24H38F3N5O5Si/c1-15(30-22(34)35)14-36-18-8-10-32(20(18)33)17-7-9-31(13-19(17)37-38(5,6)23(2,3)4)21-28-11-16(12-29-21)24(25,26)27/h11-12,15,17-19,30H,7-10,13-14H2,1-6H3,(H,34,35)/t15?,17-,18?,19-/m0/s1. The molecule has 2 amide bonds. The lowest BCUT2D eigenvalue weighted by molar-refractivity contribution is -0.141. The summed E-state index contributed by atoms with van der Waals surface area (Å²) in [6, 6.07) is -0.707. The number of carboxylic acid groups (broad SMARTS) is 1. The summed E-state index contributed by atoms with van der Waals surface area (Å²) in [7, 11) is -2.28. The molecule has 0 aromatic carbocycles. The van der Waals surface area contributed by atoms with Crippen LogP contribution in [0.1, 0.15) is 46.1 Å². The molecule has 14 heteroatoms. The number of aromatic nitrogens is 2. The number of alkyl halides is 3. The number of rotatable bonds is 8. The highest BCUT2D eigenvalue weighted by atomic mass is 28.4. The van der Waals surface area contributed by atoms with E-state index in [1.807, 2.05) is 4.90 Å². The summed E-state index contributed by atoms with van der Waals surface area (Å²) in [6.07, 6.45) is -4.17. The van der Waals surface area contributed by atoms with Gasteiger partial charge in [-0.3, -0.25) is 4.79 Å². The monoisotopic (exact) mass is 561 g/mol. The van der Waals surface area contributed by atoms with Gasteiger partial charge in [0, 0.05) is 38.4 Å². The Morgan fingerprint density at radius 1 is 1.21 bits per heavy atom. The van der Waals surface area contributed by atoms with Crippen molar-refractivity contribution in [3.63, 3.8) is 0 Å². The smallest absolute Gasteiger partial charge is 0.419 e. The van der Waals surface area contributed by atoms with Gasteiger partial charge in [-0.15, -0.1) is 0 Å². The molecule has 214 valence electrons. The Hall–Kier alpha value is -2.45. The van der Waals surface area contributed by atoms with Gasteiger partial charge in [-0.2, -0.15) is 13.2 Å². The number of likely N-dealkylation sites (tertiary alicyclic amines) is 1. The molecule has 2 aliphatic heterocycles. The molecule has 0 spiro atoms. The van der Waals surface area contributed by atoms with Crippen LogP contribution in [0.15, 0.2) is 12.4 Å². The van der Waals surface area contributed by atoms with E-state index in [0.717, 1.165) is 12.4 Å². The van der Waals surface area contributed by atoms with E-state index in [9.17, 15) is 22.8 Å². The van der Waals surface area contributed by atoms with Gasteiger partial charge < -0.3 is 29.4 Å². The van der Waals surface area contributed by atoms with Gasteiger partial charge in [0.05, 0.1) is 30.4 Å². The maximum absolute atomic E-state index is 13.3. The first-order valence-corrected chi connectivity index (χ1v) is 15.6. The Labute approximate surface area is 222 Å². The number of carbonyl (C=O) groups excluding carboxylic acids is 1. The number of nitrogens with zero attached hydrogens (tertiary/aromatic N) is 4. The first kappa shape index (κ1) is 30.1. The number of carbonyl (C=O) groups is 2. The molecule has 1 aromatic heterocycles. The highest BCUT2D eigenvalue weighted by Gasteiger charge is 2.47. The molecule has 0 aliphatic carbocycles. The van der Waals surface area contributed by atoms with E-state index in [2.05, 4.69) is 49.1 Å². The topological polar surface area (TPSA) is 117 Å². The van der Waals surface area contributed by atoms with Crippen molar-refractivity contribution in [3.05, 3.63) is 18.0 Å². The van der Waals surface area contributed by atoms with E-state index in [1.54, 1.807) is 11.8 Å². The summed E-state index contributed by atoms with van der Waals surface area (Å²) in [4.78, 5) is 35.6. The van der Waals surface area contributed by atoms with Crippen molar-refractivity contribution in [2.75, 3.05) is 31.1 Å². The van der Waals surface area contributed by atoms with E-state index < -0.39 is 44.4 Å². The van der Waals surface area contributed by atoms with Crippen LogP contribution in [0.25, 0.3) is 0 Å². The lowest BCUT2D eigenvalue weighted by Crippen LogP contribution is -2.60. The average molecular weight is 562 g/mol. The third kappa shape index (κ3) is 7.14. The van der Waals surface area contributed by atoms with Crippen LogP contribution in [0.2, 0.25) is 18.1 Å². The van der Waals surface area contributed by atoms with Gasteiger partial charge >= 0.3 is 12.3 Å². The number of anilines is 1. The molecule has 3 rings (SSSR count). The third-order valence-electron chi connectivity index (χ3n) is 7.53. The molecular weight excluding hydrogens is 523 g/mol. The Morgan fingerprint density at radius 2 is 1.84 bits per heavy atom. The van der Waals surface area contributed by atoms with Crippen molar-refractivity contribution in [3.8, 4) is 0 Å². The number of halogens is 3. The summed E-state index contributed by atoms with van der Waals surface area (Å²) in [5.41, 5.74) is -0.910. The Balaban J connectivity index is 1.76. The SMILES string of the molecule is CC(COC1CCN([C@H]2CCN(c3ncc(C(F)(F)F)cn3)C[C@@H]2O[Si](C)(C)C(C)(C)C)C1=O)NC(=O)O. The molecular formula is C24H38F3N5O5Si. The molecule has 4 atom stereocenters. The van der Waals surface area contributed by atoms with Crippen LogP contribution in [0.4, 0.5) is 23.9 Å². The second-order valence-corrected chi connectivity index (χ2v) is 16.2. The van der Waals surface area contributed by atoms with Crippen LogP contribution in [0.3, 0.4) is 0 Å². The van der Waals surface area contributed by atoms with E-state index in [-0.39, 0.29) is 29.5 Å². The number of amides is 2. The minimum Gasteiger partial charge on any atom is -0.465 e. The van der Waals surface area contributed by atoms with E-state index in [1.165, 1.54) is 0 Å². The van der Waals surface area contributed by atoms with Crippen LogP contribution in [0, 0.1) is 0 Å². The van der Waals surface area contributed by atoms with Crippen LogP contribution >= 0.6 is 0 Å².